The van der Waals surface area contributed by atoms with Gasteiger partial charge in [-0.3, -0.25) is 9.97 Å². The van der Waals surface area contributed by atoms with Gasteiger partial charge in [0.25, 0.3) is 0 Å². The monoisotopic (exact) mass is 586 g/mol. The van der Waals surface area contributed by atoms with Gasteiger partial charge in [-0.15, -0.1) is 0 Å². The number of nitrogens with zero attached hydrogens (tertiary/aromatic N) is 2. The minimum absolute atomic E-state index is 1.08. The topological polar surface area (TPSA) is 25.8 Å². The van der Waals surface area contributed by atoms with Crippen LogP contribution >= 0.6 is 0 Å². The number of hydrogen-bond acceptors (Lipinski definition) is 2. The Balaban J connectivity index is 1.62. The van der Waals surface area contributed by atoms with Crippen LogP contribution in [0.25, 0.3) is 33.1 Å². The summed E-state index contributed by atoms with van der Waals surface area (Å²) >= 11 is 0. The molecule has 0 amide bonds. The van der Waals surface area contributed by atoms with Gasteiger partial charge in [0.15, 0.2) is 0 Å². The molecule has 0 atom stereocenters. The average molecular weight is 587 g/mol. The predicted octanol–water partition coefficient (Wildman–Crippen LogP) is 10.6. The van der Waals surface area contributed by atoms with Crippen LogP contribution in [0.1, 0.15) is 33.4 Å². The fraction of sp³-hybridized carbons (Fsp3) is 0. The van der Waals surface area contributed by atoms with Gasteiger partial charge < -0.3 is 0 Å². The Morgan fingerprint density at radius 2 is 0.826 bits per heavy atom. The molecule has 2 heterocycles. The normalized spacial score (nSPS) is 13.8. The Labute approximate surface area is 269 Å². The summed E-state index contributed by atoms with van der Waals surface area (Å²) in [5.74, 6) is 0. The van der Waals surface area contributed by atoms with E-state index in [2.05, 4.69) is 156 Å². The highest BCUT2D eigenvalue weighted by Gasteiger charge is 2.38. The smallest absolute Gasteiger partial charge is 0.0346 e. The van der Waals surface area contributed by atoms with Crippen molar-refractivity contribution in [2.24, 2.45) is 0 Å². The van der Waals surface area contributed by atoms with Gasteiger partial charge in [-0.1, -0.05) is 146 Å². The number of rotatable bonds is 6. The van der Waals surface area contributed by atoms with Crippen molar-refractivity contribution < 1.29 is 0 Å². The molecular formula is C44H30N2. The maximum Gasteiger partial charge on any atom is 0.0346 e. The molecule has 0 radical (unpaired) electrons. The van der Waals surface area contributed by atoms with Crippen LogP contribution in [0, 0.1) is 0 Å². The van der Waals surface area contributed by atoms with Crippen molar-refractivity contribution in [3.63, 3.8) is 0 Å². The molecule has 1 aliphatic rings. The van der Waals surface area contributed by atoms with Gasteiger partial charge in [-0.2, -0.15) is 0 Å². The van der Waals surface area contributed by atoms with E-state index in [1.807, 2.05) is 36.9 Å². The standard InChI is InChI=1S/C44H30N2/c1-4-16-32(17-5-1)39(33-18-6-2-7-19-33)43-41(35-23-13-27-45-29-35)42(36-24-14-28-46-30-36)44(43)40(34-20-8-3-9-21-34)38-26-12-22-31-15-10-11-25-37(31)38/h1-30H/b44-40+. The zero-order valence-electron chi connectivity index (χ0n) is 25.2. The summed E-state index contributed by atoms with van der Waals surface area (Å²) in [5.41, 5.74) is 14.0. The second kappa shape index (κ2) is 12.1. The van der Waals surface area contributed by atoms with Crippen LogP contribution in [0.4, 0.5) is 0 Å². The molecule has 2 heteroatoms. The van der Waals surface area contributed by atoms with Gasteiger partial charge in [0.1, 0.15) is 0 Å². The minimum atomic E-state index is 1.08. The molecule has 7 aromatic rings. The third-order valence-corrected chi connectivity index (χ3v) is 8.65. The average Bonchev–Trinajstić information content (AvgIpc) is 3.13. The van der Waals surface area contributed by atoms with Crippen molar-refractivity contribution in [2.75, 3.05) is 0 Å². The highest BCUT2D eigenvalue weighted by molar-refractivity contribution is 6.27. The molecule has 0 unspecified atom stereocenters. The minimum Gasteiger partial charge on any atom is -0.264 e. The lowest BCUT2D eigenvalue weighted by molar-refractivity contribution is 1.28. The number of aromatic nitrogens is 2. The van der Waals surface area contributed by atoms with E-state index in [9.17, 15) is 0 Å². The highest BCUT2D eigenvalue weighted by Crippen LogP contribution is 2.58. The molecule has 0 saturated heterocycles. The Bertz CT molecular complexity index is 2200. The van der Waals surface area contributed by atoms with Crippen LogP contribution in [-0.4, -0.2) is 9.97 Å². The highest BCUT2D eigenvalue weighted by atomic mass is 14.6. The first-order valence-corrected chi connectivity index (χ1v) is 15.6. The maximum absolute atomic E-state index is 4.60. The van der Waals surface area contributed by atoms with E-state index in [0.29, 0.717) is 0 Å². The van der Waals surface area contributed by atoms with E-state index < -0.39 is 0 Å². The largest absolute Gasteiger partial charge is 0.264 e. The van der Waals surface area contributed by atoms with Crippen LogP contribution in [-0.2, 0) is 0 Å². The molecule has 0 spiro atoms. The summed E-state index contributed by atoms with van der Waals surface area (Å²) in [4.78, 5) is 9.20. The lowest BCUT2D eigenvalue weighted by Crippen LogP contribution is -2.17. The lowest BCUT2D eigenvalue weighted by atomic mass is 9.65. The number of pyridine rings is 2. The maximum atomic E-state index is 4.60. The van der Waals surface area contributed by atoms with Crippen LogP contribution in [0.5, 0.6) is 0 Å². The third-order valence-electron chi connectivity index (χ3n) is 8.65. The summed E-state index contributed by atoms with van der Waals surface area (Å²) in [6.45, 7) is 0. The Morgan fingerprint density at radius 3 is 1.35 bits per heavy atom. The van der Waals surface area contributed by atoms with Crippen LogP contribution in [0.15, 0.2) is 194 Å². The molecule has 8 rings (SSSR count). The molecule has 0 bridgehead atoms. The van der Waals surface area contributed by atoms with Crippen molar-refractivity contribution in [3.8, 4) is 0 Å². The number of hydrogen-bond donors (Lipinski definition) is 0. The first-order valence-electron chi connectivity index (χ1n) is 15.6. The molecule has 216 valence electrons. The fourth-order valence-corrected chi connectivity index (χ4v) is 6.68. The van der Waals surface area contributed by atoms with Crippen molar-refractivity contribution in [1.29, 1.82) is 0 Å². The molecule has 1 aliphatic carbocycles. The Kier molecular flexibility index (Phi) is 7.22. The molecule has 0 saturated carbocycles. The molecular weight excluding hydrogens is 556 g/mol. The van der Waals surface area contributed by atoms with E-state index >= 15 is 0 Å². The van der Waals surface area contributed by atoms with Gasteiger partial charge >= 0.3 is 0 Å². The lowest BCUT2D eigenvalue weighted by Gasteiger charge is -2.37. The molecule has 2 aromatic heterocycles. The van der Waals surface area contributed by atoms with Gasteiger partial charge in [-0.25, -0.2) is 0 Å². The molecule has 0 N–H and O–H groups in total. The molecule has 46 heavy (non-hydrogen) atoms. The quantitative estimate of drug-likeness (QED) is 0.194. The van der Waals surface area contributed by atoms with Crippen molar-refractivity contribution >= 4 is 33.1 Å². The van der Waals surface area contributed by atoms with Crippen molar-refractivity contribution in [3.05, 3.63) is 227 Å². The predicted molar refractivity (Wildman–Crippen MR) is 191 cm³/mol. The zero-order valence-corrected chi connectivity index (χ0v) is 25.2. The van der Waals surface area contributed by atoms with Crippen molar-refractivity contribution in [2.45, 2.75) is 0 Å². The fourth-order valence-electron chi connectivity index (χ4n) is 6.68. The van der Waals surface area contributed by atoms with E-state index in [1.165, 1.54) is 55.3 Å². The first-order chi connectivity index (χ1) is 22.9. The second-order valence-electron chi connectivity index (χ2n) is 11.4. The van der Waals surface area contributed by atoms with E-state index in [4.69, 9.17) is 0 Å². The van der Waals surface area contributed by atoms with Crippen LogP contribution in [0.3, 0.4) is 0 Å². The van der Waals surface area contributed by atoms with Gasteiger partial charge in [0.05, 0.1) is 0 Å². The van der Waals surface area contributed by atoms with Crippen molar-refractivity contribution in [1.82, 2.24) is 9.97 Å². The van der Waals surface area contributed by atoms with E-state index in [-0.39, 0.29) is 0 Å². The summed E-state index contributed by atoms with van der Waals surface area (Å²) in [6.07, 6.45) is 7.65. The Hall–Kier alpha value is -6.12. The second-order valence-corrected chi connectivity index (χ2v) is 11.4. The number of fused-ring (bicyclic) bond motifs is 1. The molecule has 0 fully saturated rings. The van der Waals surface area contributed by atoms with Gasteiger partial charge in [-0.05, 0) is 67.5 Å². The zero-order chi connectivity index (χ0) is 30.7. The van der Waals surface area contributed by atoms with Crippen LogP contribution < -0.4 is 0 Å². The summed E-state index contributed by atoms with van der Waals surface area (Å²) < 4.78 is 0. The number of allylic oxidation sites excluding steroid dienone is 4. The Morgan fingerprint density at radius 1 is 0.370 bits per heavy atom. The molecule has 0 aliphatic heterocycles. The van der Waals surface area contributed by atoms with E-state index in [1.54, 1.807) is 0 Å². The summed E-state index contributed by atoms with van der Waals surface area (Å²) in [5, 5.41) is 2.43. The molecule has 2 nitrogen and oxygen atoms in total. The summed E-state index contributed by atoms with van der Waals surface area (Å²) in [6, 6.07) is 56.1. The van der Waals surface area contributed by atoms with E-state index in [0.717, 1.165) is 22.3 Å². The molecule has 5 aromatic carbocycles. The number of benzene rings is 5. The SMILES string of the molecule is c1ccc(C(=C2C(c3cccnc3)=C(c3cccnc3)/C2=C(/c2ccccc2)c2cccc3ccccc23)c2ccccc2)cc1. The first kappa shape index (κ1) is 27.4. The van der Waals surface area contributed by atoms with Crippen LogP contribution in [0.2, 0.25) is 0 Å². The van der Waals surface area contributed by atoms with Gasteiger partial charge in [0.2, 0.25) is 0 Å². The summed E-state index contributed by atoms with van der Waals surface area (Å²) in [7, 11) is 0. The van der Waals surface area contributed by atoms with Gasteiger partial charge in [0, 0.05) is 47.1 Å². The third kappa shape index (κ3) is 4.87.